The predicted octanol–water partition coefficient (Wildman–Crippen LogP) is 0.370. The Kier molecular flexibility index (Phi) is 5.17. The van der Waals surface area contributed by atoms with Crippen molar-refractivity contribution in [2.45, 2.75) is 51.7 Å². The average molecular weight is 250 g/mol. The zero-order valence-electron chi connectivity index (χ0n) is 9.94. The van der Waals surface area contributed by atoms with E-state index in [9.17, 15) is 13.5 Å². The second-order valence-corrected chi connectivity index (χ2v) is 6.35. The zero-order chi connectivity index (χ0) is 12.2. The van der Waals surface area contributed by atoms with E-state index < -0.39 is 16.3 Å². The van der Waals surface area contributed by atoms with Crippen LogP contribution in [0, 0.1) is 5.92 Å². The molecule has 1 aliphatic rings. The van der Waals surface area contributed by atoms with Crippen molar-refractivity contribution < 1.29 is 13.5 Å². The van der Waals surface area contributed by atoms with Gasteiger partial charge in [-0.25, -0.2) is 4.72 Å². The molecule has 5 nitrogen and oxygen atoms in total. The van der Waals surface area contributed by atoms with E-state index >= 15 is 0 Å². The van der Waals surface area contributed by atoms with Crippen molar-refractivity contribution in [1.82, 2.24) is 9.44 Å². The molecule has 0 heterocycles. The van der Waals surface area contributed by atoms with E-state index in [-0.39, 0.29) is 12.0 Å². The molecule has 0 spiro atoms. The van der Waals surface area contributed by atoms with Crippen LogP contribution < -0.4 is 9.44 Å². The lowest BCUT2D eigenvalue weighted by Gasteiger charge is -2.28. The van der Waals surface area contributed by atoms with Crippen LogP contribution in [-0.2, 0) is 10.2 Å². The Morgan fingerprint density at radius 1 is 1.31 bits per heavy atom. The highest BCUT2D eigenvalue weighted by Crippen LogP contribution is 2.18. The molecule has 0 amide bonds. The Hall–Kier alpha value is -0.170. The number of nitrogens with one attached hydrogen (secondary N) is 2. The summed E-state index contributed by atoms with van der Waals surface area (Å²) in [6.07, 6.45) is 2.78. The summed E-state index contributed by atoms with van der Waals surface area (Å²) < 4.78 is 28.2. The van der Waals surface area contributed by atoms with Gasteiger partial charge in [0, 0.05) is 12.6 Å². The van der Waals surface area contributed by atoms with Crippen molar-refractivity contribution in [3.8, 4) is 0 Å². The highest BCUT2D eigenvalue weighted by molar-refractivity contribution is 7.87. The van der Waals surface area contributed by atoms with Crippen LogP contribution in [0.5, 0.6) is 0 Å². The maximum absolute atomic E-state index is 11.6. The fourth-order valence-electron chi connectivity index (χ4n) is 1.77. The lowest BCUT2D eigenvalue weighted by molar-refractivity contribution is 0.101. The quantitative estimate of drug-likeness (QED) is 0.659. The van der Waals surface area contributed by atoms with Gasteiger partial charge in [-0.05, 0) is 18.8 Å². The normalized spacial score (nSPS) is 27.2. The predicted molar refractivity (Wildman–Crippen MR) is 63.2 cm³/mol. The summed E-state index contributed by atoms with van der Waals surface area (Å²) in [5, 5.41) is 9.65. The Bertz CT molecular complexity index is 303. The van der Waals surface area contributed by atoms with Crippen LogP contribution in [0.1, 0.15) is 39.5 Å². The maximum Gasteiger partial charge on any atom is 0.277 e. The minimum atomic E-state index is -3.47. The first kappa shape index (κ1) is 13.9. The Labute approximate surface area is 97.8 Å². The van der Waals surface area contributed by atoms with E-state index in [1.165, 1.54) is 0 Å². The Morgan fingerprint density at radius 3 is 2.50 bits per heavy atom. The smallest absolute Gasteiger partial charge is 0.277 e. The van der Waals surface area contributed by atoms with Crippen molar-refractivity contribution in [3.05, 3.63) is 0 Å². The molecule has 2 atom stereocenters. The van der Waals surface area contributed by atoms with Gasteiger partial charge in [0.15, 0.2) is 0 Å². The molecule has 3 N–H and O–H groups in total. The van der Waals surface area contributed by atoms with Crippen molar-refractivity contribution in [2.75, 3.05) is 6.54 Å². The number of hydrogen-bond acceptors (Lipinski definition) is 3. The lowest BCUT2D eigenvalue weighted by atomic mass is 9.93. The summed E-state index contributed by atoms with van der Waals surface area (Å²) in [7, 11) is -3.47. The number of hydrogen-bond donors (Lipinski definition) is 3. The van der Waals surface area contributed by atoms with Crippen LogP contribution >= 0.6 is 0 Å². The van der Waals surface area contributed by atoms with Gasteiger partial charge in [0.05, 0.1) is 6.10 Å². The van der Waals surface area contributed by atoms with Crippen LogP contribution in [-0.4, -0.2) is 32.2 Å². The van der Waals surface area contributed by atoms with Crippen molar-refractivity contribution >= 4 is 10.2 Å². The Balaban J connectivity index is 2.44. The molecule has 0 aromatic rings. The van der Waals surface area contributed by atoms with E-state index in [1.807, 2.05) is 13.8 Å². The summed E-state index contributed by atoms with van der Waals surface area (Å²) in [4.78, 5) is 0. The molecule has 0 aliphatic heterocycles. The highest BCUT2D eigenvalue weighted by atomic mass is 32.2. The van der Waals surface area contributed by atoms with E-state index in [0.29, 0.717) is 19.4 Å². The molecule has 0 saturated heterocycles. The van der Waals surface area contributed by atoms with Gasteiger partial charge in [0.1, 0.15) is 0 Å². The van der Waals surface area contributed by atoms with Gasteiger partial charge in [-0.3, -0.25) is 0 Å². The van der Waals surface area contributed by atoms with Gasteiger partial charge in [0.25, 0.3) is 10.2 Å². The molecule has 0 aromatic carbocycles. The summed E-state index contributed by atoms with van der Waals surface area (Å²) >= 11 is 0. The highest BCUT2D eigenvalue weighted by Gasteiger charge is 2.26. The first-order valence-corrected chi connectivity index (χ1v) is 7.34. The number of rotatable bonds is 5. The van der Waals surface area contributed by atoms with Crippen LogP contribution in [0.4, 0.5) is 0 Å². The van der Waals surface area contributed by atoms with Crippen molar-refractivity contribution in [2.24, 2.45) is 5.92 Å². The molecule has 6 heteroatoms. The van der Waals surface area contributed by atoms with Crippen LogP contribution in [0.3, 0.4) is 0 Å². The summed E-state index contributed by atoms with van der Waals surface area (Å²) in [6, 6.07) is -0.335. The molecule has 1 rings (SSSR count). The maximum atomic E-state index is 11.6. The summed E-state index contributed by atoms with van der Waals surface area (Å²) in [5.41, 5.74) is 0. The van der Waals surface area contributed by atoms with Crippen LogP contribution in [0.15, 0.2) is 0 Å². The molecule has 0 aromatic heterocycles. The fraction of sp³-hybridized carbons (Fsp3) is 1.00. The third kappa shape index (κ3) is 4.78. The molecule has 0 bridgehead atoms. The third-order valence-corrected chi connectivity index (χ3v) is 3.88. The van der Waals surface area contributed by atoms with Gasteiger partial charge in [-0.1, -0.05) is 26.7 Å². The molecule has 0 unspecified atom stereocenters. The zero-order valence-corrected chi connectivity index (χ0v) is 10.8. The second kappa shape index (κ2) is 5.95. The topological polar surface area (TPSA) is 78.4 Å². The molecule has 0 radical (unpaired) electrons. The van der Waals surface area contributed by atoms with Crippen molar-refractivity contribution in [1.29, 1.82) is 0 Å². The molecule has 1 saturated carbocycles. The van der Waals surface area contributed by atoms with Gasteiger partial charge in [-0.2, -0.15) is 13.1 Å². The number of aliphatic hydroxyl groups is 1. The molecular formula is C10H22N2O3S. The average Bonchev–Trinajstić information content (AvgIpc) is 2.19. The minimum Gasteiger partial charge on any atom is -0.391 e. The monoisotopic (exact) mass is 250 g/mol. The van der Waals surface area contributed by atoms with Gasteiger partial charge in [0.2, 0.25) is 0 Å². The first-order chi connectivity index (χ1) is 7.41. The molecule has 96 valence electrons. The standard InChI is InChI=1S/C10H22N2O3S/c1-8(2)7-11-16(14,15)12-9-5-3-4-6-10(9)13/h8-13H,3-7H2,1-2H3/t9-,10-/m0/s1. The number of aliphatic hydroxyl groups excluding tert-OH is 1. The lowest BCUT2D eigenvalue weighted by Crippen LogP contribution is -2.49. The molecule has 1 aliphatic carbocycles. The summed E-state index contributed by atoms with van der Waals surface area (Å²) in [5.74, 6) is 0.271. The summed E-state index contributed by atoms with van der Waals surface area (Å²) in [6.45, 7) is 4.30. The molecular weight excluding hydrogens is 228 g/mol. The van der Waals surface area contributed by atoms with Gasteiger partial charge in [-0.15, -0.1) is 0 Å². The van der Waals surface area contributed by atoms with E-state index in [2.05, 4.69) is 9.44 Å². The molecule has 16 heavy (non-hydrogen) atoms. The van der Waals surface area contributed by atoms with E-state index in [0.717, 1.165) is 12.8 Å². The second-order valence-electron chi connectivity index (χ2n) is 4.82. The SMILES string of the molecule is CC(C)CNS(=O)(=O)N[C@H]1CCCC[C@@H]1O. The van der Waals surface area contributed by atoms with Gasteiger partial charge < -0.3 is 5.11 Å². The van der Waals surface area contributed by atoms with Crippen LogP contribution in [0.2, 0.25) is 0 Å². The molecule has 1 fully saturated rings. The first-order valence-electron chi connectivity index (χ1n) is 5.85. The minimum absolute atomic E-state index is 0.271. The van der Waals surface area contributed by atoms with Gasteiger partial charge >= 0.3 is 0 Å². The van der Waals surface area contributed by atoms with Crippen molar-refractivity contribution in [3.63, 3.8) is 0 Å². The van der Waals surface area contributed by atoms with E-state index in [1.54, 1.807) is 0 Å². The fourth-order valence-corrected chi connectivity index (χ4v) is 3.08. The third-order valence-electron chi connectivity index (χ3n) is 2.72. The van der Waals surface area contributed by atoms with Crippen LogP contribution in [0.25, 0.3) is 0 Å². The van der Waals surface area contributed by atoms with E-state index in [4.69, 9.17) is 0 Å². The Morgan fingerprint density at radius 2 is 1.94 bits per heavy atom. The largest absolute Gasteiger partial charge is 0.391 e.